The molecule has 0 saturated carbocycles. The van der Waals surface area contributed by atoms with Crippen LogP contribution in [0.25, 0.3) is 23.1 Å². The average Bonchev–Trinajstić information content (AvgIpc) is 3.27. The highest BCUT2D eigenvalue weighted by Gasteiger charge is 2.29. The predicted molar refractivity (Wildman–Crippen MR) is 106 cm³/mol. The molecule has 3 nitrogen and oxygen atoms in total. The Bertz CT molecular complexity index is 1140. The van der Waals surface area contributed by atoms with Crippen LogP contribution in [0.15, 0.2) is 69.9 Å². The van der Waals surface area contributed by atoms with Crippen molar-refractivity contribution < 1.29 is 17.6 Å². The topological polar surface area (TPSA) is 31.0 Å². The number of hydrogen-bond acceptors (Lipinski definition) is 2. The van der Waals surface area contributed by atoms with Crippen LogP contribution < -0.4 is 0 Å². The standard InChI is InChI=1S/C21H14BrF3N2O/c22-17-6-7-19-15(11-17)9-10-27(19)12-18-13-28-20(26-18)8-3-14-1-4-16(5-2-14)21(23,24)25/h1-11,13H,12H2. The molecule has 0 radical (unpaired) electrons. The van der Waals surface area contributed by atoms with Crippen molar-refractivity contribution in [3.05, 3.63) is 88.2 Å². The lowest BCUT2D eigenvalue weighted by molar-refractivity contribution is -0.137. The van der Waals surface area contributed by atoms with Gasteiger partial charge in [-0.15, -0.1) is 0 Å². The summed E-state index contributed by atoms with van der Waals surface area (Å²) in [7, 11) is 0. The van der Waals surface area contributed by atoms with E-state index in [1.54, 1.807) is 18.4 Å². The maximum absolute atomic E-state index is 12.6. The van der Waals surface area contributed by atoms with E-state index in [0.717, 1.165) is 33.2 Å². The third kappa shape index (κ3) is 4.04. The second kappa shape index (κ2) is 7.31. The highest BCUT2D eigenvalue weighted by atomic mass is 79.9. The van der Waals surface area contributed by atoms with E-state index in [1.165, 1.54) is 12.1 Å². The molecule has 7 heteroatoms. The maximum Gasteiger partial charge on any atom is 0.416 e. The first-order valence-electron chi connectivity index (χ1n) is 8.43. The van der Waals surface area contributed by atoms with Crippen LogP contribution in [0.3, 0.4) is 0 Å². The predicted octanol–water partition coefficient (Wildman–Crippen LogP) is 6.63. The minimum absolute atomic E-state index is 0.397. The molecule has 0 aliphatic carbocycles. The van der Waals surface area contributed by atoms with Gasteiger partial charge in [-0.25, -0.2) is 4.98 Å². The number of hydrogen-bond donors (Lipinski definition) is 0. The summed E-state index contributed by atoms with van der Waals surface area (Å²) >= 11 is 3.46. The highest BCUT2D eigenvalue weighted by molar-refractivity contribution is 9.10. The van der Waals surface area contributed by atoms with Crippen molar-refractivity contribution in [2.24, 2.45) is 0 Å². The number of benzene rings is 2. The zero-order valence-electron chi connectivity index (χ0n) is 14.4. The molecule has 4 rings (SSSR count). The van der Waals surface area contributed by atoms with Crippen molar-refractivity contribution in [1.29, 1.82) is 0 Å². The first-order chi connectivity index (χ1) is 13.4. The average molecular weight is 447 g/mol. The Labute approximate surface area is 167 Å². The van der Waals surface area contributed by atoms with E-state index in [1.807, 2.05) is 30.5 Å². The number of rotatable bonds is 4. The lowest BCUT2D eigenvalue weighted by Crippen LogP contribution is -2.03. The van der Waals surface area contributed by atoms with E-state index in [9.17, 15) is 13.2 Å². The second-order valence-corrected chi connectivity index (χ2v) is 7.19. The number of nitrogens with zero attached hydrogens (tertiary/aromatic N) is 2. The Morgan fingerprint density at radius 2 is 1.82 bits per heavy atom. The zero-order chi connectivity index (χ0) is 19.7. The third-order valence-corrected chi connectivity index (χ3v) is 4.78. The largest absolute Gasteiger partial charge is 0.445 e. The third-order valence-electron chi connectivity index (χ3n) is 4.29. The van der Waals surface area contributed by atoms with Crippen LogP contribution in [0, 0.1) is 0 Å². The molecular formula is C21H14BrF3N2O. The molecule has 0 aliphatic rings. The number of oxazole rings is 1. The lowest BCUT2D eigenvalue weighted by atomic mass is 10.1. The summed E-state index contributed by atoms with van der Waals surface area (Å²) in [6.07, 6.45) is 2.54. The Hall–Kier alpha value is -2.80. The van der Waals surface area contributed by atoms with Gasteiger partial charge in [0.25, 0.3) is 0 Å². The number of aromatic nitrogens is 2. The van der Waals surface area contributed by atoms with E-state index in [-0.39, 0.29) is 0 Å². The normalized spacial score (nSPS) is 12.3. The fourth-order valence-corrected chi connectivity index (χ4v) is 3.28. The summed E-state index contributed by atoms with van der Waals surface area (Å²) in [6.45, 7) is 0.558. The zero-order valence-corrected chi connectivity index (χ0v) is 16.0. The Morgan fingerprint density at radius 1 is 1.04 bits per heavy atom. The van der Waals surface area contributed by atoms with Crippen LogP contribution in [0.4, 0.5) is 13.2 Å². The first kappa shape index (κ1) is 18.6. The van der Waals surface area contributed by atoms with Crippen molar-refractivity contribution in [2.75, 3.05) is 0 Å². The molecule has 2 aromatic heterocycles. The molecule has 0 bridgehead atoms. The minimum atomic E-state index is -4.33. The molecule has 0 saturated heterocycles. The van der Waals surface area contributed by atoms with Crippen LogP contribution in [0.2, 0.25) is 0 Å². The van der Waals surface area contributed by atoms with Gasteiger partial charge >= 0.3 is 6.18 Å². The summed E-state index contributed by atoms with van der Waals surface area (Å²) in [5.41, 5.74) is 1.81. The van der Waals surface area contributed by atoms with Gasteiger partial charge in [-0.3, -0.25) is 0 Å². The van der Waals surface area contributed by atoms with E-state index < -0.39 is 11.7 Å². The number of fused-ring (bicyclic) bond motifs is 1. The monoisotopic (exact) mass is 446 g/mol. The summed E-state index contributed by atoms with van der Waals surface area (Å²) in [4.78, 5) is 4.42. The van der Waals surface area contributed by atoms with Crippen LogP contribution >= 0.6 is 15.9 Å². The molecule has 0 aliphatic heterocycles. The Kier molecular flexibility index (Phi) is 4.85. The van der Waals surface area contributed by atoms with Crippen molar-refractivity contribution in [1.82, 2.24) is 9.55 Å². The van der Waals surface area contributed by atoms with Gasteiger partial charge in [-0.05, 0) is 48.0 Å². The van der Waals surface area contributed by atoms with Gasteiger partial charge in [0.1, 0.15) is 6.26 Å². The van der Waals surface area contributed by atoms with Gasteiger partial charge in [0.05, 0.1) is 17.8 Å². The summed E-state index contributed by atoms with van der Waals surface area (Å²) < 4.78 is 46.3. The SMILES string of the molecule is FC(F)(F)c1ccc(C=Cc2nc(Cn3ccc4cc(Br)ccc43)co2)cc1. The molecule has 28 heavy (non-hydrogen) atoms. The minimum Gasteiger partial charge on any atom is -0.445 e. The summed E-state index contributed by atoms with van der Waals surface area (Å²) in [5, 5.41) is 1.13. The van der Waals surface area contributed by atoms with Crippen molar-refractivity contribution in [3.63, 3.8) is 0 Å². The lowest BCUT2D eigenvalue weighted by Gasteiger charge is -2.05. The molecule has 2 aromatic carbocycles. The molecule has 0 amide bonds. The molecule has 142 valence electrons. The van der Waals surface area contributed by atoms with Gasteiger partial charge in [0, 0.05) is 27.6 Å². The van der Waals surface area contributed by atoms with E-state index >= 15 is 0 Å². The fourth-order valence-electron chi connectivity index (χ4n) is 2.91. The molecule has 0 N–H and O–H groups in total. The molecule has 0 fully saturated rings. The second-order valence-electron chi connectivity index (χ2n) is 6.28. The smallest absolute Gasteiger partial charge is 0.416 e. The van der Waals surface area contributed by atoms with Crippen molar-refractivity contribution in [3.8, 4) is 0 Å². The molecular weight excluding hydrogens is 433 g/mol. The Morgan fingerprint density at radius 3 is 2.57 bits per heavy atom. The molecule has 4 aromatic rings. The van der Waals surface area contributed by atoms with Gasteiger partial charge in [0.2, 0.25) is 5.89 Å². The fraction of sp³-hybridized carbons (Fsp3) is 0.0952. The van der Waals surface area contributed by atoms with Gasteiger partial charge in [-0.2, -0.15) is 13.2 Å². The van der Waals surface area contributed by atoms with Crippen LogP contribution in [0.1, 0.15) is 22.7 Å². The maximum atomic E-state index is 12.6. The van der Waals surface area contributed by atoms with Crippen molar-refractivity contribution in [2.45, 2.75) is 12.7 Å². The van der Waals surface area contributed by atoms with E-state index in [2.05, 4.69) is 25.5 Å². The highest BCUT2D eigenvalue weighted by Crippen LogP contribution is 2.29. The molecule has 0 atom stereocenters. The van der Waals surface area contributed by atoms with Crippen LogP contribution in [-0.2, 0) is 12.7 Å². The first-order valence-corrected chi connectivity index (χ1v) is 9.22. The number of halogens is 4. The number of alkyl halides is 3. The van der Waals surface area contributed by atoms with Gasteiger partial charge in [-0.1, -0.05) is 28.1 Å². The Balaban J connectivity index is 1.47. The van der Waals surface area contributed by atoms with E-state index in [0.29, 0.717) is 18.0 Å². The molecule has 2 heterocycles. The quantitative estimate of drug-likeness (QED) is 0.352. The van der Waals surface area contributed by atoms with Gasteiger partial charge in [0.15, 0.2) is 0 Å². The summed E-state index contributed by atoms with van der Waals surface area (Å²) in [5.74, 6) is 0.397. The molecule has 0 unspecified atom stereocenters. The van der Waals surface area contributed by atoms with Crippen LogP contribution in [-0.4, -0.2) is 9.55 Å². The molecule has 0 spiro atoms. The summed E-state index contributed by atoms with van der Waals surface area (Å²) in [6, 6.07) is 13.0. The van der Waals surface area contributed by atoms with Crippen LogP contribution in [0.5, 0.6) is 0 Å². The van der Waals surface area contributed by atoms with E-state index in [4.69, 9.17) is 4.42 Å². The van der Waals surface area contributed by atoms with Crippen molar-refractivity contribution >= 4 is 39.0 Å². The van der Waals surface area contributed by atoms with Gasteiger partial charge < -0.3 is 8.98 Å².